The molecule has 1 amide bonds. The lowest BCUT2D eigenvalue weighted by Gasteiger charge is -2.33. The van der Waals surface area contributed by atoms with Crippen molar-refractivity contribution in [3.05, 3.63) is 57.0 Å². The number of H-pyrrole nitrogens is 1. The molecule has 2 heterocycles. The molecular formula is C16H14ClF3N4O4S. The van der Waals surface area contributed by atoms with E-state index in [1.54, 1.807) is 0 Å². The van der Waals surface area contributed by atoms with Crippen molar-refractivity contribution in [2.75, 3.05) is 26.2 Å². The molecule has 13 heteroatoms. The lowest BCUT2D eigenvalue weighted by atomic mass is 10.2. The summed E-state index contributed by atoms with van der Waals surface area (Å²) < 4.78 is 65.5. The molecule has 29 heavy (non-hydrogen) atoms. The lowest BCUT2D eigenvalue weighted by molar-refractivity contribution is -0.137. The highest BCUT2D eigenvalue weighted by Gasteiger charge is 2.36. The van der Waals surface area contributed by atoms with Gasteiger partial charge in [-0.15, -0.1) is 0 Å². The molecule has 1 aromatic heterocycles. The third-order valence-corrected chi connectivity index (χ3v) is 6.53. The van der Waals surface area contributed by atoms with Crippen molar-refractivity contribution in [2.45, 2.75) is 11.1 Å². The number of halogens is 4. The quantitative estimate of drug-likeness (QED) is 0.765. The van der Waals surface area contributed by atoms with Crippen LogP contribution in [0.5, 0.6) is 0 Å². The Bertz CT molecular complexity index is 1080. The number of carbonyl (C=O) groups is 1. The molecule has 3 rings (SSSR count). The number of rotatable bonds is 3. The highest BCUT2D eigenvalue weighted by Crippen LogP contribution is 2.36. The van der Waals surface area contributed by atoms with E-state index in [0.717, 1.165) is 22.5 Å². The molecule has 1 aromatic carbocycles. The van der Waals surface area contributed by atoms with E-state index in [1.807, 2.05) is 0 Å². The van der Waals surface area contributed by atoms with E-state index >= 15 is 0 Å². The van der Waals surface area contributed by atoms with E-state index < -0.39 is 43.1 Å². The SMILES string of the molecule is O=C(c1ccc(=O)[nH]n1)N1CCN(S(=O)(=O)c2ccc(Cl)c(C(F)(F)F)c2)CC1. The fraction of sp³-hybridized carbons (Fsp3) is 0.312. The molecule has 1 fully saturated rings. The predicted octanol–water partition coefficient (Wildman–Crippen LogP) is 1.59. The molecule has 0 radical (unpaired) electrons. The number of amides is 1. The molecule has 0 bridgehead atoms. The van der Waals surface area contributed by atoms with E-state index in [-0.39, 0.29) is 31.9 Å². The number of hydrogen-bond donors (Lipinski definition) is 1. The minimum Gasteiger partial charge on any atom is -0.335 e. The van der Waals surface area contributed by atoms with Gasteiger partial charge in [0.25, 0.3) is 11.5 Å². The van der Waals surface area contributed by atoms with Gasteiger partial charge in [0.2, 0.25) is 10.0 Å². The molecule has 8 nitrogen and oxygen atoms in total. The monoisotopic (exact) mass is 450 g/mol. The minimum absolute atomic E-state index is 0.00609. The van der Waals surface area contributed by atoms with E-state index in [9.17, 15) is 31.2 Å². The summed E-state index contributed by atoms with van der Waals surface area (Å²) in [5.41, 5.74) is -1.72. The fourth-order valence-electron chi connectivity index (χ4n) is 2.79. The largest absolute Gasteiger partial charge is 0.417 e. The van der Waals surface area contributed by atoms with Crippen LogP contribution < -0.4 is 5.56 Å². The minimum atomic E-state index is -4.79. The second kappa shape index (κ2) is 7.76. The molecule has 0 atom stereocenters. The smallest absolute Gasteiger partial charge is 0.335 e. The Kier molecular flexibility index (Phi) is 5.70. The summed E-state index contributed by atoms with van der Waals surface area (Å²) in [6.45, 7) is -0.194. The summed E-state index contributed by atoms with van der Waals surface area (Å²) in [5, 5.41) is 5.17. The highest BCUT2D eigenvalue weighted by atomic mass is 35.5. The number of benzene rings is 1. The predicted molar refractivity (Wildman–Crippen MR) is 96.0 cm³/mol. The van der Waals surface area contributed by atoms with Crippen LogP contribution in [-0.2, 0) is 16.2 Å². The Morgan fingerprint density at radius 3 is 2.31 bits per heavy atom. The molecule has 2 aromatic rings. The molecule has 1 saturated heterocycles. The van der Waals surface area contributed by atoms with Crippen molar-refractivity contribution in [3.63, 3.8) is 0 Å². The summed E-state index contributed by atoms with van der Waals surface area (Å²) >= 11 is 5.54. The highest BCUT2D eigenvalue weighted by molar-refractivity contribution is 7.89. The number of aromatic amines is 1. The molecular weight excluding hydrogens is 437 g/mol. The summed E-state index contributed by atoms with van der Waals surface area (Å²) in [6, 6.07) is 4.78. The topological polar surface area (TPSA) is 103 Å². The molecule has 1 aliphatic heterocycles. The van der Waals surface area contributed by atoms with Crippen LogP contribution in [0.25, 0.3) is 0 Å². The zero-order valence-electron chi connectivity index (χ0n) is 14.6. The van der Waals surface area contributed by atoms with Crippen molar-refractivity contribution < 1.29 is 26.4 Å². The first-order valence-corrected chi connectivity index (χ1v) is 10.0. The van der Waals surface area contributed by atoms with Gasteiger partial charge in [-0.1, -0.05) is 11.6 Å². The zero-order chi connectivity index (χ0) is 21.4. The third kappa shape index (κ3) is 4.43. The van der Waals surface area contributed by atoms with Gasteiger partial charge in [-0.05, 0) is 24.3 Å². The Hall–Kier alpha value is -2.44. The molecule has 0 aliphatic carbocycles. The van der Waals surface area contributed by atoms with Crippen LogP contribution in [0.2, 0.25) is 5.02 Å². The van der Waals surface area contributed by atoms with Crippen molar-refractivity contribution in [3.8, 4) is 0 Å². The average molecular weight is 451 g/mol. The molecule has 156 valence electrons. The van der Waals surface area contributed by atoms with Gasteiger partial charge in [0.05, 0.1) is 15.5 Å². The zero-order valence-corrected chi connectivity index (χ0v) is 16.2. The number of nitrogens with zero attached hydrogens (tertiary/aromatic N) is 3. The number of carbonyl (C=O) groups excluding carboxylic acids is 1. The van der Waals surface area contributed by atoms with Crippen LogP contribution in [0, 0.1) is 0 Å². The van der Waals surface area contributed by atoms with Gasteiger partial charge in [-0.2, -0.15) is 22.6 Å². The number of sulfonamides is 1. The van der Waals surface area contributed by atoms with E-state index in [2.05, 4.69) is 10.2 Å². The van der Waals surface area contributed by atoms with Crippen molar-refractivity contribution in [1.82, 2.24) is 19.4 Å². The molecule has 1 aliphatic rings. The van der Waals surface area contributed by atoms with Gasteiger partial charge in [-0.25, -0.2) is 13.5 Å². The molecule has 0 saturated carbocycles. The summed E-state index contributed by atoms with van der Waals surface area (Å²) in [7, 11) is -4.21. The average Bonchev–Trinajstić information content (AvgIpc) is 2.67. The second-order valence-electron chi connectivity index (χ2n) is 6.14. The summed E-state index contributed by atoms with van der Waals surface area (Å²) in [5.74, 6) is -0.496. The van der Waals surface area contributed by atoms with Gasteiger partial charge in [0.15, 0.2) is 0 Å². The van der Waals surface area contributed by atoms with Crippen LogP contribution in [0.15, 0.2) is 40.0 Å². The van der Waals surface area contributed by atoms with Gasteiger partial charge in [-0.3, -0.25) is 9.59 Å². The van der Waals surface area contributed by atoms with E-state index in [0.29, 0.717) is 6.07 Å². The Balaban J connectivity index is 1.75. The van der Waals surface area contributed by atoms with Crippen molar-refractivity contribution in [1.29, 1.82) is 0 Å². The molecule has 0 unspecified atom stereocenters. The summed E-state index contributed by atoms with van der Waals surface area (Å²) in [6.07, 6.45) is -4.79. The normalized spacial score (nSPS) is 16.1. The Morgan fingerprint density at radius 1 is 1.10 bits per heavy atom. The Morgan fingerprint density at radius 2 is 1.76 bits per heavy atom. The number of nitrogens with one attached hydrogen (secondary N) is 1. The Labute approximate surface area is 167 Å². The first-order chi connectivity index (χ1) is 13.5. The fourth-order valence-corrected chi connectivity index (χ4v) is 4.46. The number of piperazine rings is 1. The van der Waals surface area contributed by atoms with Crippen LogP contribution >= 0.6 is 11.6 Å². The third-order valence-electron chi connectivity index (χ3n) is 4.31. The van der Waals surface area contributed by atoms with Crippen molar-refractivity contribution in [2.24, 2.45) is 0 Å². The van der Waals surface area contributed by atoms with Gasteiger partial charge in [0.1, 0.15) is 5.69 Å². The first kappa shape index (κ1) is 21.3. The number of hydrogen-bond acceptors (Lipinski definition) is 5. The van der Waals surface area contributed by atoms with Crippen LogP contribution in [0.3, 0.4) is 0 Å². The van der Waals surface area contributed by atoms with Crippen LogP contribution in [0.1, 0.15) is 16.1 Å². The standard InChI is InChI=1S/C16H14ClF3N4O4S/c17-12-2-1-10(9-11(12)16(18,19)20)29(27,28)24-7-5-23(6-8-24)15(26)13-3-4-14(25)22-21-13/h1-4,9H,5-8H2,(H,22,25). The van der Waals surface area contributed by atoms with Gasteiger partial charge in [0, 0.05) is 32.2 Å². The van der Waals surface area contributed by atoms with Crippen molar-refractivity contribution >= 4 is 27.5 Å². The van der Waals surface area contributed by atoms with Crippen LogP contribution in [-0.4, -0.2) is 59.9 Å². The maximum absolute atomic E-state index is 13.0. The second-order valence-corrected chi connectivity index (χ2v) is 8.49. The number of alkyl halides is 3. The van der Waals surface area contributed by atoms with Gasteiger partial charge < -0.3 is 4.90 Å². The number of aromatic nitrogens is 2. The maximum Gasteiger partial charge on any atom is 0.417 e. The van der Waals surface area contributed by atoms with Gasteiger partial charge >= 0.3 is 6.18 Å². The van der Waals surface area contributed by atoms with Crippen LogP contribution in [0.4, 0.5) is 13.2 Å². The maximum atomic E-state index is 13.0. The summed E-state index contributed by atoms with van der Waals surface area (Å²) in [4.78, 5) is 24.2. The first-order valence-electron chi connectivity index (χ1n) is 8.22. The lowest BCUT2D eigenvalue weighted by Crippen LogP contribution is -2.50. The van der Waals surface area contributed by atoms with E-state index in [1.165, 1.54) is 11.0 Å². The van der Waals surface area contributed by atoms with E-state index in [4.69, 9.17) is 11.6 Å². The molecule has 0 spiro atoms. The molecule has 1 N–H and O–H groups in total.